The van der Waals surface area contributed by atoms with E-state index in [9.17, 15) is 4.79 Å². The van der Waals surface area contributed by atoms with Crippen LogP contribution in [0.4, 0.5) is 0 Å². The summed E-state index contributed by atoms with van der Waals surface area (Å²) in [4.78, 5) is 10.8. The van der Waals surface area contributed by atoms with Gasteiger partial charge in [0.2, 0.25) is 0 Å². The van der Waals surface area contributed by atoms with Gasteiger partial charge in [0.15, 0.2) is 11.9 Å². The lowest BCUT2D eigenvalue weighted by molar-refractivity contribution is -0.114. The van der Waals surface area contributed by atoms with Crippen LogP contribution in [0.5, 0.6) is 0 Å². The maximum Gasteiger partial charge on any atom is 0.185 e. The van der Waals surface area contributed by atoms with E-state index in [-0.39, 0.29) is 0 Å². The zero-order chi connectivity index (χ0) is 8.44. The summed E-state index contributed by atoms with van der Waals surface area (Å²) >= 11 is 0. The third-order valence-corrected chi connectivity index (χ3v) is 2.02. The van der Waals surface area contributed by atoms with E-state index in [0.29, 0.717) is 5.76 Å². The quantitative estimate of drug-likeness (QED) is 0.599. The maximum atomic E-state index is 10.8. The Balaban J connectivity index is 2.34. The molecule has 1 aromatic heterocycles. The average Bonchev–Trinajstić information content (AvgIpc) is 2.76. The lowest BCUT2D eigenvalue weighted by Gasteiger charge is -2.19. The van der Waals surface area contributed by atoms with Gasteiger partial charge in [0, 0.05) is 13.1 Å². The van der Waals surface area contributed by atoms with Crippen LogP contribution < -0.4 is 10.6 Å². The molecule has 4 nitrogen and oxygen atoms in total. The van der Waals surface area contributed by atoms with Gasteiger partial charge in [-0.25, -0.2) is 0 Å². The van der Waals surface area contributed by atoms with E-state index >= 15 is 0 Å². The largest absolute Gasteiger partial charge is 0.465 e. The first kappa shape index (κ1) is 7.52. The van der Waals surface area contributed by atoms with Crippen molar-refractivity contribution in [3.63, 3.8) is 0 Å². The molecule has 1 aromatic rings. The van der Waals surface area contributed by atoms with Crippen LogP contribution in [-0.4, -0.2) is 19.4 Å². The number of hydrogen-bond donors (Lipinski definition) is 2. The van der Waals surface area contributed by atoms with Crippen molar-refractivity contribution in [1.29, 1.82) is 0 Å². The Morgan fingerprint density at radius 3 is 2.75 bits per heavy atom. The smallest absolute Gasteiger partial charge is 0.185 e. The molecule has 0 aromatic carbocycles. The predicted molar refractivity (Wildman–Crippen MR) is 42.5 cm³/mol. The molecule has 0 saturated carbocycles. The minimum atomic E-state index is -0.788. The van der Waals surface area contributed by atoms with Gasteiger partial charge in [0.1, 0.15) is 5.76 Å². The Morgan fingerprint density at radius 2 is 2.25 bits per heavy atom. The molecule has 0 radical (unpaired) electrons. The number of carbonyl (C=O) groups is 1. The molecule has 1 aliphatic rings. The summed E-state index contributed by atoms with van der Waals surface area (Å²) in [5.41, 5.74) is -0.788. The van der Waals surface area contributed by atoms with Gasteiger partial charge in [0.25, 0.3) is 0 Å². The SMILES string of the molecule is O=CC1(c2ccco2)NCCN1. The Labute approximate surface area is 69.9 Å². The second-order valence-electron chi connectivity index (χ2n) is 2.76. The lowest BCUT2D eigenvalue weighted by Crippen LogP contribution is -2.47. The van der Waals surface area contributed by atoms with Gasteiger partial charge in [-0.2, -0.15) is 0 Å². The van der Waals surface area contributed by atoms with Crippen LogP contribution >= 0.6 is 0 Å². The fourth-order valence-corrected chi connectivity index (χ4v) is 1.40. The standard InChI is InChI=1S/C8H10N2O2/c11-6-8(9-3-4-10-8)7-2-1-5-12-7/h1-2,5-6,9-10H,3-4H2. The number of furan rings is 1. The van der Waals surface area contributed by atoms with Crippen LogP contribution in [0.2, 0.25) is 0 Å². The Hall–Kier alpha value is -1.13. The van der Waals surface area contributed by atoms with Crippen molar-refractivity contribution in [2.24, 2.45) is 0 Å². The molecule has 1 fully saturated rings. The van der Waals surface area contributed by atoms with Crippen molar-refractivity contribution < 1.29 is 9.21 Å². The number of rotatable bonds is 2. The molecule has 1 aliphatic heterocycles. The second-order valence-corrected chi connectivity index (χ2v) is 2.76. The van der Waals surface area contributed by atoms with Crippen molar-refractivity contribution >= 4 is 6.29 Å². The number of nitrogens with one attached hydrogen (secondary N) is 2. The Bertz CT molecular complexity index is 263. The summed E-state index contributed by atoms with van der Waals surface area (Å²) in [5, 5.41) is 6.10. The summed E-state index contributed by atoms with van der Waals surface area (Å²) in [6, 6.07) is 3.54. The normalized spacial score (nSPS) is 21.0. The summed E-state index contributed by atoms with van der Waals surface area (Å²) in [6.07, 6.45) is 2.39. The van der Waals surface area contributed by atoms with E-state index in [1.807, 2.05) is 0 Å². The van der Waals surface area contributed by atoms with Gasteiger partial charge < -0.3 is 4.42 Å². The van der Waals surface area contributed by atoms with Crippen molar-refractivity contribution in [1.82, 2.24) is 10.6 Å². The minimum Gasteiger partial charge on any atom is -0.465 e. The van der Waals surface area contributed by atoms with Crippen LogP contribution in [0.25, 0.3) is 0 Å². The molecule has 2 rings (SSSR count). The van der Waals surface area contributed by atoms with Crippen molar-refractivity contribution in [3.05, 3.63) is 24.2 Å². The highest BCUT2D eigenvalue weighted by Crippen LogP contribution is 2.18. The fraction of sp³-hybridized carbons (Fsp3) is 0.375. The van der Waals surface area contributed by atoms with Crippen LogP contribution in [0.1, 0.15) is 5.76 Å². The first-order chi connectivity index (χ1) is 5.87. The molecule has 0 bridgehead atoms. The molecule has 0 atom stereocenters. The minimum absolute atomic E-state index is 0.620. The molecule has 0 amide bonds. The summed E-state index contributed by atoms with van der Waals surface area (Å²) < 4.78 is 5.16. The second kappa shape index (κ2) is 2.73. The number of carbonyl (C=O) groups excluding carboxylic acids is 1. The van der Waals surface area contributed by atoms with Crippen molar-refractivity contribution in [2.45, 2.75) is 5.66 Å². The van der Waals surface area contributed by atoms with E-state index in [0.717, 1.165) is 19.4 Å². The van der Waals surface area contributed by atoms with Gasteiger partial charge in [-0.3, -0.25) is 15.4 Å². The predicted octanol–water partition coefficient (Wildman–Crippen LogP) is -0.176. The molecule has 64 valence electrons. The monoisotopic (exact) mass is 166 g/mol. The molecule has 1 saturated heterocycles. The Kier molecular flexibility index (Phi) is 1.71. The van der Waals surface area contributed by atoms with Crippen molar-refractivity contribution in [2.75, 3.05) is 13.1 Å². The van der Waals surface area contributed by atoms with E-state index in [2.05, 4.69) is 10.6 Å². The van der Waals surface area contributed by atoms with Gasteiger partial charge in [0.05, 0.1) is 6.26 Å². The highest BCUT2D eigenvalue weighted by Gasteiger charge is 2.37. The molecule has 0 spiro atoms. The molecular formula is C8H10N2O2. The molecule has 12 heavy (non-hydrogen) atoms. The summed E-state index contributed by atoms with van der Waals surface area (Å²) in [5.74, 6) is 0.620. The average molecular weight is 166 g/mol. The molecular weight excluding hydrogens is 156 g/mol. The van der Waals surface area contributed by atoms with Crippen LogP contribution in [0.15, 0.2) is 22.8 Å². The van der Waals surface area contributed by atoms with E-state index in [1.165, 1.54) is 0 Å². The molecule has 4 heteroatoms. The van der Waals surface area contributed by atoms with Gasteiger partial charge >= 0.3 is 0 Å². The zero-order valence-corrected chi connectivity index (χ0v) is 6.54. The van der Waals surface area contributed by atoms with Crippen LogP contribution in [-0.2, 0) is 10.5 Å². The lowest BCUT2D eigenvalue weighted by atomic mass is 10.1. The van der Waals surface area contributed by atoms with Crippen LogP contribution in [0, 0.1) is 0 Å². The summed E-state index contributed by atoms with van der Waals surface area (Å²) in [7, 11) is 0. The van der Waals surface area contributed by atoms with Crippen molar-refractivity contribution in [3.8, 4) is 0 Å². The maximum absolute atomic E-state index is 10.8. The van der Waals surface area contributed by atoms with Gasteiger partial charge in [-0.05, 0) is 12.1 Å². The number of aldehydes is 1. The highest BCUT2D eigenvalue weighted by atomic mass is 16.3. The van der Waals surface area contributed by atoms with Gasteiger partial charge in [-0.15, -0.1) is 0 Å². The van der Waals surface area contributed by atoms with Gasteiger partial charge in [-0.1, -0.05) is 0 Å². The Morgan fingerprint density at radius 1 is 1.50 bits per heavy atom. The molecule has 0 unspecified atom stereocenters. The molecule has 2 N–H and O–H groups in total. The first-order valence-corrected chi connectivity index (χ1v) is 3.88. The topological polar surface area (TPSA) is 54.3 Å². The third kappa shape index (κ3) is 0.964. The number of hydrogen-bond acceptors (Lipinski definition) is 4. The highest BCUT2D eigenvalue weighted by molar-refractivity contribution is 5.66. The van der Waals surface area contributed by atoms with E-state index < -0.39 is 5.66 Å². The molecule has 2 heterocycles. The van der Waals surface area contributed by atoms with E-state index in [4.69, 9.17) is 4.42 Å². The summed E-state index contributed by atoms with van der Waals surface area (Å²) in [6.45, 7) is 1.55. The zero-order valence-electron chi connectivity index (χ0n) is 6.54. The first-order valence-electron chi connectivity index (χ1n) is 3.88. The molecule has 0 aliphatic carbocycles. The van der Waals surface area contributed by atoms with Crippen LogP contribution in [0.3, 0.4) is 0 Å². The third-order valence-electron chi connectivity index (χ3n) is 2.02. The van der Waals surface area contributed by atoms with E-state index in [1.54, 1.807) is 18.4 Å². The fourth-order valence-electron chi connectivity index (χ4n) is 1.40.